The first kappa shape index (κ1) is 20.2. The minimum absolute atomic E-state index is 0.218. The second-order valence-electron chi connectivity index (χ2n) is 10.1. The van der Waals surface area contributed by atoms with Crippen molar-refractivity contribution in [3.63, 3.8) is 0 Å². The zero-order valence-electron chi connectivity index (χ0n) is 17.1. The molecule has 0 aromatic carbocycles. The van der Waals surface area contributed by atoms with E-state index in [1.54, 1.807) is 0 Å². The van der Waals surface area contributed by atoms with Crippen LogP contribution in [0.25, 0.3) is 0 Å². The second kappa shape index (κ2) is 7.65. The Hall–Kier alpha value is -0.0600. The third-order valence-corrected chi connectivity index (χ3v) is 9.47. The van der Waals surface area contributed by atoms with Crippen molar-refractivity contribution < 1.29 is 14.9 Å². The molecule has 4 heteroatoms. The molecule has 0 heterocycles. The fraction of sp³-hybridized carbons (Fsp3) is 0.913. The molecular weight excluding hydrogens is 404 g/mol. The molecule has 0 spiro atoms. The lowest BCUT2D eigenvalue weighted by atomic mass is 9.49. The zero-order chi connectivity index (χ0) is 19.2. The second-order valence-corrected chi connectivity index (χ2v) is 10.7. The lowest BCUT2D eigenvalue weighted by molar-refractivity contribution is -0.123. The number of aliphatic hydroxyl groups excluding tert-OH is 1. The Kier molecular flexibility index (Phi) is 5.73. The van der Waals surface area contributed by atoms with E-state index >= 15 is 0 Å². The minimum Gasteiger partial charge on any atom is -0.511 e. The van der Waals surface area contributed by atoms with Crippen LogP contribution in [0.4, 0.5) is 0 Å². The summed E-state index contributed by atoms with van der Waals surface area (Å²) in [7, 11) is 0. The summed E-state index contributed by atoms with van der Waals surface area (Å²) in [5.41, 5.74) is 0.980. The first-order valence-corrected chi connectivity index (χ1v) is 12.3. The average Bonchev–Trinajstić information content (AvgIpc) is 3.02. The summed E-state index contributed by atoms with van der Waals surface area (Å²) in [5.74, 6) is 4.49. The van der Waals surface area contributed by atoms with Crippen LogP contribution in [0.3, 0.4) is 0 Å². The van der Waals surface area contributed by atoms with Gasteiger partial charge < -0.3 is 14.9 Å². The van der Waals surface area contributed by atoms with Gasteiger partial charge in [-0.15, -0.1) is 0 Å². The van der Waals surface area contributed by atoms with E-state index in [0.717, 1.165) is 42.9 Å². The fourth-order valence-corrected chi connectivity index (χ4v) is 8.09. The van der Waals surface area contributed by atoms with Crippen LogP contribution in [0.2, 0.25) is 0 Å². The summed E-state index contributed by atoms with van der Waals surface area (Å²) in [5, 5.41) is 22.1. The highest BCUT2D eigenvalue weighted by atomic mass is 79.9. The van der Waals surface area contributed by atoms with Gasteiger partial charge in [0.25, 0.3) is 0 Å². The first-order valence-electron chi connectivity index (χ1n) is 11.2. The molecule has 0 bridgehead atoms. The maximum absolute atomic E-state index is 11.0. The van der Waals surface area contributed by atoms with Gasteiger partial charge in [0.2, 0.25) is 0 Å². The maximum Gasteiger partial charge on any atom is 0.103 e. The third-order valence-electron chi connectivity index (χ3n) is 8.94. The standard InChI is InChI=1S/C23H37BrO3/c1-3-27-14-23(26)11-9-16-15(12-23)4-5-18-17(16)8-10-22(2)19(18)6-7-20(22)21(25)13-24/h15-19,25-26H,3-14H2,1-2H3/b21-20+/t15-,16-,17+,18+,19-,22-,23+/m0/s1. The number of fused-ring (bicyclic) bond motifs is 5. The van der Waals surface area contributed by atoms with Gasteiger partial charge in [-0.25, -0.2) is 0 Å². The van der Waals surface area contributed by atoms with Gasteiger partial charge in [-0.05, 0) is 105 Å². The lowest BCUT2D eigenvalue weighted by Crippen LogP contribution is -2.51. The molecule has 0 radical (unpaired) electrons. The molecule has 0 aromatic rings. The Labute approximate surface area is 173 Å². The van der Waals surface area contributed by atoms with Crippen LogP contribution >= 0.6 is 15.9 Å². The number of hydrogen-bond donors (Lipinski definition) is 2. The molecule has 0 saturated heterocycles. The minimum atomic E-state index is -0.585. The molecule has 0 unspecified atom stereocenters. The van der Waals surface area contributed by atoms with Crippen LogP contribution < -0.4 is 0 Å². The summed E-state index contributed by atoms with van der Waals surface area (Å²) < 4.78 is 5.59. The van der Waals surface area contributed by atoms with Gasteiger partial charge in [0.05, 0.1) is 17.5 Å². The quantitative estimate of drug-likeness (QED) is 0.440. The van der Waals surface area contributed by atoms with Crippen molar-refractivity contribution in [1.29, 1.82) is 0 Å². The Morgan fingerprint density at radius 2 is 1.89 bits per heavy atom. The van der Waals surface area contributed by atoms with Crippen LogP contribution in [-0.4, -0.2) is 34.4 Å². The van der Waals surface area contributed by atoms with E-state index in [9.17, 15) is 10.2 Å². The number of ether oxygens (including phenoxy) is 1. The molecule has 3 nitrogen and oxygen atoms in total. The van der Waals surface area contributed by atoms with E-state index in [2.05, 4.69) is 22.9 Å². The monoisotopic (exact) mass is 440 g/mol. The largest absolute Gasteiger partial charge is 0.511 e. The molecule has 4 aliphatic rings. The molecular formula is C23H37BrO3. The van der Waals surface area contributed by atoms with Crippen molar-refractivity contribution in [3.8, 4) is 0 Å². The molecule has 7 atom stereocenters. The Morgan fingerprint density at radius 1 is 1.11 bits per heavy atom. The van der Waals surface area contributed by atoms with Crippen molar-refractivity contribution >= 4 is 15.9 Å². The number of alkyl halides is 1. The summed E-state index contributed by atoms with van der Waals surface area (Å²) in [6, 6.07) is 0. The van der Waals surface area contributed by atoms with E-state index < -0.39 is 5.60 Å². The van der Waals surface area contributed by atoms with E-state index in [0.29, 0.717) is 30.2 Å². The summed E-state index contributed by atoms with van der Waals surface area (Å²) in [6.45, 7) is 5.65. The highest BCUT2D eigenvalue weighted by Gasteiger charge is 2.56. The smallest absolute Gasteiger partial charge is 0.103 e. The third kappa shape index (κ3) is 3.42. The van der Waals surface area contributed by atoms with Crippen LogP contribution in [0.15, 0.2) is 11.3 Å². The molecule has 4 fully saturated rings. The van der Waals surface area contributed by atoms with Crippen molar-refractivity contribution in [2.45, 2.75) is 77.2 Å². The summed E-state index contributed by atoms with van der Waals surface area (Å²) in [6.07, 6.45) is 10.5. The molecule has 154 valence electrons. The predicted octanol–water partition coefficient (Wildman–Crippen LogP) is 5.61. The van der Waals surface area contributed by atoms with Gasteiger partial charge in [0.1, 0.15) is 5.76 Å². The van der Waals surface area contributed by atoms with Gasteiger partial charge in [-0.2, -0.15) is 0 Å². The van der Waals surface area contributed by atoms with E-state index in [1.807, 2.05) is 6.92 Å². The predicted molar refractivity (Wildman–Crippen MR) is 112 cm³/mol. The Balaban J connectivity index is 1.49. The number of aliphatic hydroxyl groups is 2. The number of allylic oxidation sites excluding steroid dienone is 2. The number of rotatable bonds is 4. The normalized spacial score (nSPS) is 48.5. The van der Waals surface area contributed by atoms with Crippen molar-refractivity contribution in [2.75, 3.05) is 18.5 Å². The number of halogens is 1. The van der Waals surface area contributed by atoms with Gasteiger partial charge in [0.15, 0.2) is 0 Å². The molecule has 4 rings (SSSR count). The van der Waals surface area contributed by atoms with Crippen LogP contribution in [0.5, 0.6) is 0 Å². The lowest BCUT2D eigenvalue weighted by Gasteiger charge is -2.56. The molecule has 0 aromatic heterocycles. The Morgan fingerprint density at radius 3 is 2.63 bits per heavy atom. The Bertz CT molecular complexity index is 590. The maximum atomic E-state index is 11.0. The average molecular weight is 441 g/mol. The summed E-state index contributed by atoms with van der Waals surface area (Å²) in [4.78, 5) is 0. The van der Waals surface area contributed by atoms with E-state index in [-0.39, 0.29) is 5.41 Å². The van der Waals surface area contributed by atoms with Crippen molar-refractivity contribution in [1.82, 2.24) is 0 Å². The zero-order valence-corrected chi connectivity index (χ0v) is 18.6. The van der Waals surface area contributed by atoms with E-state index in [1.165, 1.54) is 44.1 Å². The molecule has 4 saturated carbocycles. The van der Waals surface area contributed by atoms with E-state index in [4.69, 9.17) is 4.74 Å². The van der Waals surface area contributed by atoms with Gasteiger partial charge in [-0.1, -0.05) is 22.9 Å². The molecule has 0 aliphatic heterocycles. The van der Waals surface area contributed by atoms with Crippen molar-refractivity contribution in [2.24, 2.45) is 35.0 Å². The highest BCUT2D eigenvalue weighted by molar-refractivity contribution is 9.09. The van der Waals surface area contributed by atoms with Gasteiger partial charge in [-0.3, -0.25) is 0 Å². The first-order chi connectivity index (χ1) is 12.9. The topological polar surface area (TPSA) is 49.7 Å². The number of hydrogen-bond acceptors (Lipinski definition) is 3. The highest BCUT2D eigenvalue weighted by Crippen LogP contribution is 2.64. The molecule has 27 heavy (non-hydrogen) atoms. The van der Waals surface area contributed by atoms with Crippen molar-refractivity contribution in [3.05, 3.63) is 11.3 Å². The molecule has 0 amide bonds. The fourth-order valence-electron chi connectivity index (χ4n) is 7.75. The van der Waals surface area contributed by atoms with Crippen LogP contribution in [-0.2, 0) is 4.74 Å². The van der Waals surface area contributed by atoms with Crippen LogP contribution in [0, 0.1) is 35.0 Å². The van der Waals surface area contributed by atoms with Gasteiger partial charge >= 0.3 is 0 Å². The van der Waals surface area contributed by atoms with Crippen LogP contribution in [0.1, 0.15) is 71.6 Å². The molecule has 2 N–H and O–H groups in total. The van der Waals surface area contributed by atoms with Gasteiger partial charge in [0, 0.05) is 6.61 Å². The molecule has 4 aliphatic carbocycles. The summed E-state index contributed by atoms with van der Waals surface area (Å²) >= 11 is 3.47. The SMILES string of the molecule is CCOC[C@@]1(O)CC[C@H]2[C@@H](CC[C@@H]3[C@@H]2CC[C@]2(C)/C(=C(/O)CBr)CC[C@@H]32)C1.